The average molecular weight is 298 g/mol. The van der Waals surface area contributed by atoms with Crippen LogP contribution in [0.25, 0.3) is 5.69 Å². The molecule has 0 N–H and O–H groups in total. The molecule has 22 heavy (non-hydrogen) atoms. The van der Waals surface area contributed by atoms with E-state index in [0.29, 0.717) is 17.8 Å². The van der Waals surface area contributed by atoms with Gasteiger partial charge in [0.15, 0.2) is 0 Å². The minimum Gasteiger partial charge on any atom is -0.457 e. The van der Waals surface area contributed by atoms with Crippen molar-refractivity contribution in [1.82, 2.24) is 30.0 Å². The number of rotatable bonds is 5. The summed E-state index contributed by atoms with van der Waals surface area (Å²) in [7, 11) is 0. The Labute approximate surface area is 126 Å². The summed E-state index contributed by atoms with van der Waals surface area (Å²) in [5.41, 5.74) is 1.14. The molecule has 2 heterocycles. The third-order valence-corrected chi connectivity index (χ3v) is 3.01. The van der Waals surface area contributed by atoms with Crippen molar-refractivity contribution in [3.8, 4) is 5.69 Å². The lowest BCUT2D eigenvalue weighted by Crippen LogP contribution is -2.21. The zero-order valence-corrected chi connectivity index (χ0v) is 11.9. The van der Waals surface area contributed by atoms with Crippen molar-refractivity contribution in [3.63, 3.8) is 0 Å². The minimum absolute atomic E-state index is 0.288. The van der Waals surface area contributed by atoms with Crippen molar-refractivity contribution in [2.75, 3.05) is 0 Å². The van der Waals surface area contributed by atoms with Gasteiger partial charge in [0, 0.05) is 12.4 Å². The van der Waals surface area contributed by atoms with Gasteiger partial charge in [-0.1, -0.05) is 6.07 Å². The molecule has 0 saturated carbocycles. The number of hydrogen-bond acceptors (Lipinski definition) is 6. The highest BCUT2D eigenvalue weighted by Gasteiger charge is 2.13. The number of nitrogens with zero attached hydrogens (tertiary/aromatic N) is 6. The second-order valence-electron chi connectivity index (χ2n) is 4.75. The fraction of sp³-hybridized carbons (Fsp3) is 0.214. The average Bonchev–Trinajstić information content (AvgIpc) is 3.20. The summed E-state index contributed by atoms with van der Waals surface area (Å²) in [5, 5.41) is 15.0. The highest BCUT2D eigenvalue weighted by molar-refractivity contribution is 5.90. The number of esters is 1. The lowest BCUT2D eigenvalue weighted by Gasteiger charge is -2.13. The first-order valence-electron chi connectivity index (χ1n) is 6.74. The molecule has 8 heteroatoms. The lowest BCUT2D eigenvalue weighted by molar-refractivity contribution is 0.0299. The molecule has 0 saturated heterocycles. The smallest absolute Gasteiger partial charge is 0.338 e. The van der Waals surface area contributed by atoms with E-state index in [1.807, 2.05) is 19.2 Å². The van der Waals surface area contributed by atoms with E-state index in [1.54, 1.807) is 35.1 Å². The highest BCUT2D eigenvalue weighted by Crippen LogP contribution is 2.11. The molecule has 0 aliphatic rings. The number of ether oxygens (including phenoxy) is 1. The summed E-state index contributed by atoms with van der Waals surface area (Å²) in [6.07, 6.45) is 4.68. The van der Waals surface area contributed by atoms with E-state index in [1.165, 1.54) is 11.0 Å². The fourth-order valence-corrected chi connectivity index (χ4v) is 2.01. The molecule has 1 aromatic carbocycles. The van der Waals surface area contributed by atoms with Gasteiger partial charge in [0.2, 0.25) is 0 Å². The molecule has 3 rings (SSSR count). The van der Waals surface area contributed by atoms with Crippen LogP contribution in [0.4, 0.5) is 0 Å². The van der Waals surface area contributed by atoms with Crippen molar-refractivity contribution in [3.05, 3.63) is 54.6 Å². The molecule has 0 aliphatic heterocycles. The van der Waals surface area contributed by atoms with Gasteiger partial charge in [-0.2, -0.15) is 5.10 Å². The maximum Gasteiger partial charge on any atom is 0.338 e. The predicted octanol–water partition coefficient (Wildman–Crippen LogP) is 1.10. The van der Waals surface area contributed by atoms with Gasteiger partial charge < -0.3 is 4.74 Å². The first-order chi connectivity index (χ1) is 10.7. The van der Waals surface area contributed by atoms with Crippen LogP contribution in [0.15, 0.2) is 49.1 Å². The lowest BCUT2D eigenvalue weighted by atomic mass is 10.2. The predicted molar refractivity (Wildman–Crippen MR) is 76.3 cm³/mol. The van der Waals surface area contributed by atoms with Gasteiger partial charge in [-0.3, -0.25) is 4.68 Å². The Morgan fingerprint density at radius 1 is 1.36 bits per heavy atom. The number of benzene rings is 1. The first kappa shape index (κ1) is 13.9. The normalized spacial score (nSPS) is 12.0. The summed E-state index contributed by atoms with van der Waals surface area (Å²) in [4.78, 5) is 12.2. The first-order valence-corrected chi connectivity index (χ1v) is 6.74. The van der Waals surface area contributed by atoms with Crippen molar-refractivity contribution in [2.45, 2.75) is 19.6 Å². The van der Waals surface area contributed by atoms with Crippen LogP contribution >= 0.6 is 0 Å². The molecule has 2 aromatic heterocycles. The second kappa shape index (κ2) is 6.17. The minimum atomic E-state index is -0.394. The summed E-state index contributed by atoms with van der Waals surface area (Å²) >= 11 is 0. The molecule has 3 aromatic rings. The van der Waals surface area contributed by atoms with Crippen molar-refractivity contribution >= 4 is 5.97 Å². The summed E-state index contributed by atoms with van der Waals surface area (Å²) in [6.45, 7) is 2.33. The van der Waals surface area contributed by atoms with Crippen molar-refractivity contribution in [1.29, 1.82) is 0 Å². The number of tetrazole rings is 1. The van der Waals surface area contributed by atoms with Gasteiger partial charge in [-0.05, 0) is 41.6 Å². The topological polar surface area (TPSA) is 87.7 Å². The monoisotopic (exact) mass is 298 g/mol. The number of hydrogen-bond donors (Lipinski definition) is 0. The molecule has 0 amide bonds. The number of carbonyl (C=O) groups is 1. The van der Waals surface area contributed by atoms with Crippen LogP contribution in [0, 0.1) is 0 Å². The van der Waals surface area contributed by atoms with Gasteiger partial charge >= 0.3 is 5.97 Å². The van der Waals surface area contributed by atoms with Crippen LogP contribution in [-0.4, -0.2) is 42.1 Å². The van der Waals surface area contributed by atoms with Gasteiger partial charge in [-0.25, -0.2) is 9.48 Å². The van der Waals surface area contributed by atoms with Crippen LogP contribution in [-0.2, 0) is 11.3 Å². The molecular formula is C14H14N6O2. The van der Waals surface area contributed by atoms with Gasteiger partial charge in [0.1, 0.15) is 12.4 Å². The highest BCUT2D eigenvalue weighted by atomic mass is 16.5. The van der Waals surface area contributed by atoms with Crippen molar-refractivity contribution < 1.29 is 9.53 Å². The largest absolute Gasteiger partial charge is 0.457 e. The van der Waals surface area contributed by atoms with E-state index < -0.39 is 5.97 Å². The molecule has 112 valence electrons. The van der Waals surface area contributed by atoms with E-state index in [-0.39, 0.29) is 6.10 Å². The molecule has 1 unspecified atom stereocenters. The molecular weight excluding hydrogens is 284 g/mol. The zero-order chi connectivity index (χ0) is 15.4. The molecule has 8 nitrogen and oxygen atoms in total. The van der Waals surface area contributed by atoms with E-state index in [4.69, 9.17) is 4.74 Å². The van der Waals surface area contributed by atoms with E-state index >= 15 is 0 Å². The molecule has 1 atom stereocenters. The van der Waals surface area contributed by atoms with Crippen LogP contribution in [0.3, 0.4) is 0 Å². The molecule has 0 aliphatic carbocycles. The van der Waals surface area contributed by atoms with Crippen molar-refractivity contribution in [2.24, 2.45) is 0 Å². The second-order valence-corrected chi connectivity index (χ2v) is 4.75. The SMILES string of the molecule is CC(Cn1cccn1)OC(=O)c1cccc(-n2cnnn2)c1. The Balaban J connectivity index is 1.68. The Bertz CT molecular complexity index is 739. The maximum atomic E-state index is 12.2. The summed E-state index contributed by atoms with van der Waals surface area (Å²) < 4.78 is 8.62. The van der Waals surface area contributed by atoms with E-state index in [2.05, 4.69) is 20.6 Å². The third kappa shape index (κ3) is 3.17. The molecule has 0 spiro atoms. The summed E-state index contributed by atoms with van der Waals surface area (Å²) in [6, 6.07) is 8.76. The van der Waals surface area contributed by atoms with Crippen LogP contribution in [0.1, 0.15) is 17.3 Å². The molecule has 0 fully saturated rings. The molecule has 0 bridgehead atoms. The Morgan fingerprint density at radius 3 is 3.00 bits per heavy atom. The van der Waals surface area contributed by atoms with Crippen LogP contribution < -0.4 is 0 Å². The number of carbonyl (C=O) groups excluding carboxylic acids is 1. The Morgan fingerprint density at radius 2 is 2.27 bits per heavy atom. The zero-order valence-electron chi connectivity index (χ0n) is 11.9. The van der Waals surface area contributed by atoms with Crippen LogP contribution in [0.5, 0.6) is 0 Å². The van der Waals surface area contributed by atoms with Crippen LogP contribution in [0.2, 0.25) is 0 Å². The number of aromatic nitrogens is 6. The van der Waals surface area contributed by atoms with E-state index in [9.17, 15) is 4.79 Å². The van der Waals surface area contributed by atoms with Gasteiger partial charge in [0.25, 0.3) is 0 Å². The van der Waals surface area contributed by atoms with E-state index in [0.717, 1.165) is 0 Å². The third-order valence-electron chi connectivity index (χ3n) is 3.01. The maximum absolute atomic E-state index is 12.2. The standard InChI is InChI=1S/C14H14N6O2/c1-11(9-19-7-3-6-16-19)22-14(21)12-4-2-5-13(8-12)20-10-15-17-18-20/h2-8,10-11H,9H2,1H3. The summed E-state index contributed by atoms with van der Waals surface area (Å²) in [5.74, 6) is -0.394. The quantitative estimate of drug-likeness (QED) is 0.656. The van der Waals surface area contributed by atoms with Gasteiger partial charge in [-0.15, -0.1) is 5.10 Å². The molecule has 0 radical (unpaired) electrons. The Hall–Kier alpha value is -3.03. The Kier molecular flexibility index (Phi) is 3.90. The van der Waals surface area contributed by atoms with Gasteiger partial charge in [0.05, 0.1) is 17.8 Å². The fourth-order valence-electron chi connectivity index (χ4n) is 2.01.